The van der Waals surface area contributed by atoms with E-state index in [-0.39, 0.29) is 6.04 Å². The van der Waals surface area contributed by atoms with Crippen molar-refractivity contribution in [2.24, 2.45) is 0 Å². The van der Waals surface area contributed by atoms with Crippen LogP contribution in [-0.4, -0.2) is 36.8 Å². The van der Waals surface area contributed by atoms with Crippen LogP contribution >= 0.6 is 0 Å². The second kappa shape index (κ2) is 7.60. The van der Waals surface area contributed by atoms with Crippen molar-refractivity contribution in [3.63, 3.8) is 0 Å². The van der Waals surface area contributed by atoms with Crippen molar-refractivity contribution in [1.29, 1.82) is 0 Å². The lowest BCUT2D eigenvalue weighted by molar-refractivity contribution is 0.137. The largest absolute Gasteiger partial charge is 0.356 e. The SMILES string of the molecule is Cc1cc(-c2cn[nH]c2C2CCCCN2Cc2cnc(C(C)C)nc2)on1. The molecule has 0 amide bonds. The molecule has 0 aliphatic carbocycles. The normalized spacial score (nSPS) is 18.3. The zero-order valence-corrected chi connectivity index (χ0v) is 16.1. The summed E-state index contributed by atoms with van der Waals surface area (Å²) in [5.74, 6) is 2.01. The Morgan fingerprint density at radius 1 is 1.22 bits per heavy atom. The predicted octanol–water partition coefficient (Wildman–Crippen LogP) is 4.01. The van der Waals surface area contributed by atoms with Crippen molar-refractivity contribution < 1.29 is 4.52 Å². The summed E-state index contributed by atoms with van der Waals surface area (Å²) in [5.41, 5.74) is 4.12. The summed E-state index contributed by atoms with van der Waals surface area (Å²) < 4.78 is 5.48. The summed E-state index contributed by atoms with van der Waals surface area (Å²) in [4.78, 5) is 11.5. The van der Waals surface area contributed by atoms with E-state index in [2.05, 4.69) is 44.1 Å². The van der Waals surface area contributed by atoms with Crippen LogP contribution in [0.5, 0.6) is 0 Å². The van der Waals surface area contributed by atoms with Gasteiger partial charge in [-0.2, -0.15) is 5.10 Å². The van der Waals surface area contributed by atoms with E-state index in [4.69, 9.17) is 4.52 Å². The van der Waals surface area contributed by atoms with Gasteiger partial charge in [-0.05, 0) is 26.3 Å². The summed E-state index contributed by atoms with van der Waals surface area (Å²) in [6, 6.07) is 2.23. The van der Waals surface area contributed by atoms with E-state index < -0.39 is 0 Å². The first-order chi connectivity index (χ1) is 13.1. The molecule has 7 nitrogen and oxygen atoms in total. The first-order valence-corrected chi connectivity index (χ1v) is 9.63. The van der Waals surface area contributed by atoms with Gasteiger partial charge in [-0.3, -0.25) is 10.00 Å². The van der Waals surface area contributed by atoms with Crippen LogP contribution in [0.3, 0.4) is 0 Å². The van der Waals surface area contributed by atoms with Gasteiger partial charge >= 0.3 is 0 Å². The Labute approximate surface area is 159 Å². The molecule has 7 heteroatoms. The van der Waals surface area contributed by atoms with Crippen molar-refractivity contribution in [2.45, 2.75) is 58.5 Å². The number of nitrogens with zero attached hydrogens (tertiary/aromatic N) is 5. The number of aryl methyl sites for hydroxylation is 1. The van der Waals surface area contributed by atoms with Crippen molar-refractivity contribution >= 4 is 0 Å². The summed E-state index contributed by atoms with van der Waals surface area (Å²) >= 11 is 0. The summed E-state index contributed by atoms with van der Waals surface area (Å²) in [6.45, 7) is 8.03. The number of rotatable bonds is 5. The highest BCUT2D eigenvalue weighted by atomic mass is 16.5. The molecular weight excluding hydrogens is 340 g/mol. The van der Waals surface area contributed by atoms with Gasteiger partial charge in [0.05, 0.1) is 29.2 Å². The summed E-state index contributed by atoms with van der Waals surface area (Å²) in [7, 11) is 0. The first kappa shape index (κ1) is 17.9. The number of hydrogen-bond donors (Lipinski definition) is 1. The Morgan fingerprint density at radius 2 is 2.04 bits per heavy atom. The Bertz CT molecular complexity index is 882. The lowest BCUT2D eigenvalue weighted by Crippen LogP contribution is -2.33. The molecule has 27 heavy (non-hydrogen) atoms. The van der Waals surface area contributed by atoms with Gasteiger partial charge in [0.2, 0.25) is 0 Å². The molecule has 3 aromatic rings. The second-order valence-electron chi connectivity index (χ2n) is 7.62. The minimum absolute atomic E-state index is 0.270. The number of nitrogens with one attached hydrogen (secondary N) is 1. The highest BCUT2D eigenvalue weighted by Crippen LogP contribution is 2.36. The van der Waals surface area contributed by atoms with Crippen LogP contribution in [0.4, 0.5) is 0 Å². The number of aromatic amines is 1. The third kappa shape index (κ3) is 3.78. The van der Waals surface area contributed by atoms with Gasteiger partial charge in [0.25, 0.3) is 0 Å². The fourth-order valence-corrected chi connectivity index (χ4v) is 3.72. The fraction of sp³-hybridized carbons (Fsp3) is 0.500. The highest BCUT2D eigenvalue weighted by Gasteiger charge is 2.29. The molecule has 3 aromatic heterocycles. The third-order valence-electron chi connectivity index (χ3n) is 5.14. The van der Waals surface area contributed by atoms with E-state index in [9.17, 15) is 0 Å². The number of H-pyrrole nitrogens is 1. The maximum absolute atomic E-state index is 5.48. The standard InChI is InChI=1S/C20H26N6O/c1-13(2)20-21-9-15(10-22-20)12-26-7-5-4-6-17(26)19-16(11-23-24-19)18-8-14(3)25-27-18/h8-11,13,17H,4-7,12H2,1-3H3,(H,23,24). The van der Waals surface area contributed by atoms with E-state index in [1.165, 1.54) is 12.8 Å². The fourth-order valence-electron chi connectivity index (χ4n) is 3.72. The van der Waals surface area contributed by atoms with Crippen LogP contribution in [0, 0.1) is 6.92 Å². The zero-order valence-electron chi connectivity index (χ0n) is 16.1. The quantitative estimate of drug-likeness (QED) is 0.734. The van der Waals surface area contributed by atoms with E-state index in [0.29, 0.717) is 5.92 Å². The molecule has 1 aliphatic heterocycles. The average Bonchev–Trinajstić information content (AvgIpc) is 3.31. The lowest BCUT2D eigenvalue weighted by Gasteiger charge is -2.35. The van der Waals surface area contributed by atoms with Crippen LogP contribution < -0.4 is 0 Å². The Hall–Kier alpha value is -2.54. The monoisotopic (exact) mass is 366 g/mol. The van der Waals surface area contributed by atoms with Gasteiger partial charge in [0.15, 0.2) is 5.76 Å². The van der Waals surface area contributed by atoms with Crippen molar-refractivity contribution in [3.8, 4) is 11.3 Å². The molecule has 0 saturated carbocycles. The molecule has 1 unspecified atom stereocenters. The van der Waals surface area contributed by atoms with Crippen LogP contribution in [0.2, 0.25) is 0 Å². The van der Waals surface area contributed by atoms with Crippen molar-refractivity contribution in [3.05, 3.63) is 47.4 Å². The van der Waals surface area contributed by atoms with Crippen molar-refractivity contribution in [1.82, 2.24) is 30.2 Å². The summed E-state index contributed by atoms with van der Waals surface area (Å²) in [5, 5.41) is 11.5. The topological polar surface area (TPSA) is 83.7 Å². The smallest absolute Gasteiger partial charge is 0.170 e. The first-order valence-electron chi connectivity index (χ1n) is 9.63. The zero-order chi connectivity index (χ0) is 18.8. The van der Waals surface area contributed by atoms with Gasteiger partial charge in [-0.15, -0.1) is 0 Å². The number of likely N-dealkylation sites (tertiary alicyclic amines) is 1. The number of piperidine rings is 1. The Balaban J connectivity index is 1.57. The predicted molar refractivity (Wildman–Crippen MR) is 102 cm³/mol. The molecule has 1 saturated heterocycles. The Kier molecular flexibility index (Phi) is 5.03. The average molecular weight is 366 g/mol. The van der Waals surface area contributed by atoms with E-state index >= 15 is 0 Å². The van der Waals surface area contributed by atoms with E-state index in [1.807, 2.05) is 31.6 Å². The van der Waals surface area contributed by atoms with Gasteiger partial charge < -0.3 is 4.52 Å². The van der Waals surface area contributed by atoms with Crippen LogP contribution in [0.15, 0.2) is 29.2 Å². The molecule has 4 heterocycles. The van der Waals surface area contributed by atoms with E-state index in [1.54, 1.807) is 0 Å². The maximum atomic E-state index is 5.48. The molecule has 1 aliphatic rings. The number of hydrogen-bond acceptors (Lipinski definition) is 6. The van der Waals surface area contributed by atoms with E-state index in [0.717, 1.165) is 53.6 Å². The molecule has 4 rings (SSSR count). The highest BCUT2D eigenvalue weighted by molar-refractivity contribution is 5.60. The van der Waals surface area contributed by atoms with Gasteiger partial charge in [0, 0.05) is 36.5 Å². The molecule has 1 atom stereocenters. The molecule has 0 bridgehead atoms. The van der Waals surface area contributed by atoms with Crippen LogP contribution in [0.1, 0.15) is 67.8 Å². The minimum atomic E-state index is 0.270. The van der Waals surface area contributed by atoms with Gasteiger partial charge in [-0.25, -0.2) is 9.97 Å². The van der Waals surface area contributed by atoms with Crippen LogP contribution in [-0.2, 0) is 6.54 Å². The molecule has 0 radical (unpaired) electrons. The molecule has 142 valence electrons. The van der Waals surface area contributed by atoms with Gasteiger partial charge in [-0.1, -0.05) is 25.4 Å². The molecule has 0 spiro atoms. The summed E-state index contributed by atoms with van der Waals surface area (Å²) in [6.07, 6.45) is 9.25. The number of aromatic nitrogens is 5. The lowest BCUT2D eigenvalue weighted by atomic mass is 9.96. The third-order valence-corrected chi connectivity index (χ3v) is 5.14. The molecular formula is C20H26N6O. The van der Waals surface area contributed by atoms with Crippen molar-refractivity contribution in [2.75, 3.05) is 6.54 Å². The maximum Gasteiger partial charge on any atom is 0.170 e. The molecule has 1 fully saturated rings. The van der Waals surface area contributed by atoms with Crippen LogP contribution in [0.25, 0.3) is 11.3 Å². The Morgan fingerprint density at radius 3 is 2.74 bits per heavy atom. The minimum Gasteiger partial charge on any atom is -0.356 e. The molecule has 1 N–H and O–H groups in total. The second-order valence-corrected chi connectivity index (χ2v) is 7.62. The van der Waals surface area contributed by atoms with Gasteiger partial charge in [0.1, 0.15) is 5.82 Å². The molecule has 0 aromatic carbocycles.